The molecule has 1 heterocycles. The predicted octanol–water partition coefficient (Wildman–Crippen LogP) is 1.62. The van der Waals surface area contributed by atoms with E-state index in [1.807, 2.05) is 36.4 Å². The fourth-order valence-corrected chi connectivity index (χ4v) is 2.29. The maximum atomic E-state index is 12.5. The van der Waals surface area contributed by atoms with Gasteiger partial charge in [-0.25, -0.2) is 0 Å². The summed E-state index contributed by atoms with van der Waals surface area (Å²) in [5.74, 6) is 0.105. The van der Waals surface area contributed by atoms with E-state index in [-0.39, 0.29) is 24.8 Å². The predicted molar refractivity (Wildman–Crippen MR) is 84.6 cm³/mol. The number of aryl methyl sites for hydroxylation is 1. The number of likely N-dealkylation sites (N-methyl/N-ethyl adjacent to an activating group) is 1. The minimum absolute atomic E-state index is 0.0252. The third-order valence-corrected chi connectivity index (χ3v) is 3.84. The van der Waals surface area contributed by atoms with Crippen LogP contribution in [0.3, 0.4) is 0 Å². The number of carbonyl (C=O) groups excluding carboxylic acids is 2. The van der Waals surface area contributed by atoms with Crippen molar-refractivity contribution in [3.05, 3.63) is 23.0 Å². The van der Waals surface area contributed by atoms with Crippen molar-refractivity contribution in [2.75, 3.05) is 33.7 Å². The second-order valence-corrected chi connectivity index (χ2v) is 5.77. The molecule has 0 saturated carbocycles. The number of hydrogen-bond acceptors (Lipinski definition) is 3. The number of Topliss-reactive ketones (excluding diaryl/α,β-unsaturated/α-hetero) is 1. The van der Waals surface area contributed by atoms with Crippen molar-refractivity contribution in [1.29, 1.82) is 0 Å². The van der Waals surface area contributed by atoms with Crippen molar-refractivity contribution in [3.63, 3.8) is 0 Å². The molecule has 0 saturated heterocycles. The summed E-state index contributed by atoms with van der Waals surface area (Å²) in [6.07, 6.45) is 0.917. The van der Waals surface area contributed by atoms with Crippen molar-refractivity contribution in [2.45, 2.75) is 27.2 Å². The Morgan fingerprint density at radius 1 is 1.19 bits per heavy atom. The van der Waals surface area contributed by atoms with Crippen LogP contribution in [-0.2, 0) is 11.8 Å². The number of rotatable bonds is 7. The van der Waals surface area contributed by atoms with Crippen LogP contribution in [0.15, 0.2) is 6.07 Å². The Balaban J connectivity index is 2.80. The van der Waals surface area contributed by atoms with Crippen LogP contribution in [0.25, 0.3) is 0 Å². The molecule has 0 unspecified atom stereocenters. The maximum Gasteiger partial charge on any atom is 0.236 e. The Kier molecular flexibility index (Phi) is 6.15. The Bertz CT molecular complexity index is 518. The smallest absolute Gasteiger partial charge is 0.236 e. The number of amides is 1. The molecular weight excluding hydrogens is 266 g/mol. The molecule has 0 fully saturated rings. The lowest BCUT2D eigenvalue weighted by atomic mass is 10.1. The van der Waals surface area contributed by atoms with Crippen LogP contribution >= 0.6 is 0 Å². The molecule has 1 aromatic rings. The highest BCUT2D eigenvalue weighted by molar-refractivity contribution is 5.99. The molecule has 0 aromatic carbocycles. The van der Waals surface area contributed by atoms with Gasteiger partial charge in [-0.15, -0.1) is 0 Å². The Morgan fingerprint density at radius 2 is 1.81 bits per heavy atom. The highest BCUT2D eigenvalue weighted by Gasteiger charge is 2.19. The summed E-state index contributed by atoms with van der Waals surface area (Å²) in [5, 5.41) is 0. The highest BCUT2D eigenvalue weighted by atomic mass is 16.2. The van der Waals surface area contributed by atoms with Crippen LogP contribution in [0, 0.1) is 13.8 Å². The van der Waals surface area contributed by atoms with Gasteiger partial charge in [0.15, 0.2) is 5.78 Å². The van der Waals surface area contributed by atoms with Crippen molar-refractivity contribution >= 4 is 11.7 Å². The zero-order valence-corrected chi connectivity index (χ0v) is 14.1. The molecule has 0 aliphatic heterocycles. The molecule has 0 aliphatic carbocycles. The molecule has 5 heteroatoms. The summed E-state index contributed by atoms with van der Waals surface area (Å²) in [7, 11) is 5.43. The summed E-state index contributed by atoms with van der Waals surface area (Å²) in [4.78, 5) is 27.8. The summed E-state index contributed by atoms with van der Waals surface area (Å²) in [6.45, 7) is 7.32. The third-order valence-electron chi connectivity index (χ3n) is 3.84. The molecule has 21 heavy (non-hydrogen) atoms. The monoisotopic (exact) mass is 293 g/mol. The van der Waals surface area contributed by atoms with E-state index in [0.717, 1.165) is 29.9 Å². The molecule has 0 spiro atoms. The second-order valence-electron chi connectivity index (χ2n) is 5.77. The van der Waals surface area contributed by atoms with Crippen LogP contribution in [0.4, 0.5) is 0 Å². The van der Waals surface area contributed by atoms with Gasteiger partial charge in [-0.3, -0.25) is 14.5 Å². The van der Waals surface area contributed by atoms with Crippen LogP contribution in [-0.4, -0.2) is 59.8 Å². The van der Waals surface area contributed by atoms with Gasteiger partial charge in [-0.05, 0) is 32.9 Å². The first-order chi connectivity index (χ1) is 9.77. The molecule has 0 N–H and O–H groups in total. The van der Waals surface area contributed by atoms with Crippen molar-refractivity contribution in [1.82, 2.24) is 14.4 Å². The molecule has 1 aromatic heterocycles. The zero-order chi connectivity index (χ0) is 16.2. The average molecular weight is 293 g/mol. The molecule has 1 rings (SSSR count). The Morgan fingerprint density at radius 3 is 2.24 bits per heavy atom. The van der Waals surface area contributed by atoms with Gasteiger partial charge in [0.25, 0.3) is 0 Å². The molecule has 0 aliphatic rings. The van der Waals surface area contributed by atoms with E-state index in [0.29, 0.717) is 0 Å². The first kappa shape index (κ1) is 17.4. The first-order valence-electron chi connectivity index (χ1n) is 7.36. The van der Waals surface area contributed by atoms with Crippen molar-refractivity contribution in [3.8, 4) is 0 Å². The summed E-state index contributed by atoms with van der Waals surface area (Å²) in [5.41, 5.74) is 2.81. The van der Waals surface area contributed by atoms with Gasteiger partial charge >= 0.3 is 0 Å². The van der Waals surface area contributed by atoms with Gasteiger partial charge in [0.05, 0.1) is 13.1 Å². The topological polar surface area (TPSA) is 45.6 Å². The van der Waals surface area contributed by atoms with Crippen LogP contribution in [0.2, 0.25) is 0 Å². The van der Waals surface area contributed by atoms with Gasteiger partial charge in [-0.1, -0.05) is 6.92 Å². The van der Waals surface area contributed by atoms with E-state index in [2.05, 4.69) is 6.92 Å². The van der Waals surface area contributed by atoms with E-state index in [1.54, 1.807) is 19.0 Å². The summed E-state index contributed by atoms with van der Waals surface area (Å²) in [6, 6.07) is 1.93. The summed E-state index contributed by atoms with van der Waals surface area (Å²) < 4.78 is 2.02. The van der Waals surface area contributed by atoms with Crippen LogP contribution in [0.1, 0.15) is 35.1 Å². The fraction of sp³-hybridized carbons (Fsp3) is 0.625. The van der Waals surface area contributed by atoms with Gasteiger partial charge < -0.3 is 9.47 Å². The van der Waals surface area contributed by atoms with E-state index < -0.39 is 0 Å². The molecule has 0 bridgehead atoms. The lowest BCUT2D eigenvalue weighted by Crippen LogP contribution is -2.39. The molecule has 0 atom stereocenters. The number of nitrogens with zero attached hydrogens (tertiary/aromatic N) is 3. The fourth-order valence-electron chi connectivity index (χ4n) is 2.29. The number of hydrogen-bond donors (Lipinski definition) is 0. The van der Waals surface area contributed by atoms with E-state index in [1.165, 1.54) is 0 Å². The quantitative estimate of drug-likeness (QED) is 0.718. The van der Waals surface area contributed by atoms with E-state index >= 15 is 0 Å². The molecule has 1 amide bonds. The summed E-state index contributed by atoms with van der Waals surface area (Å²) >= 11 is 0. The highest BCUT2D eigenvalue weighted by Crippen LogP contribution is 2.14. The zero-order valence-electron chi connectivity index (χ0n) is 14.1. The SMILES string of the molecule is CCCN(CC(=O)c1cc(C)n(C)c1C)CC(=O)N(C)C. The van der Waals surface area contributed by atoms with Crippen LogP contribution in [0.5, 0.6) is 0 Å². The molecule has 118 valence electrons. The largest absolute Gasteiger partial charge is 0.351 e. The lowest BCUT2D eigenvalue weighted by Gasteiger charge is -2.22. The van der Waals surface area contributed by atoms with E-state index in [9.17, 15) is 9.59 Å². The molecule has 0 radical (unpaired) electrons. The second kappa shape index (κ2) is 7.41. The number of ketones is 1. The van der Waals surface area contributed by atoms with Gasteiger partial charge in [0, 0.05) is 38.1 Å². The maximum absolute atomic E-state index is 12.5. The van der Waals surface area contributed by atoms with Gasteiger partial charge in [-0.2, -0.15) is 0 Å². The normalized spacial score (nSPS) is 11.0. The Labute approximate surface area is 127 Å². The Hall–Kier alpha value is -1.62. The number of aromatic nitrogens is 1. The minimum Gasteiger partial charge on any atom is -0.351 e. The van der Waals surface area contributed by atoms with Crippen molar-refractivity contribution < 1.29 is 9.59 Å². The van der Waals surface area contributed by atoms with Crippen molar-refractivity contribution in [2.24, 2.45) is 7.05 Å². The van der Waals surface area contributed by atoms with Gasteiger partial charge in [0.1, 0.15) is 0 Å². The molecular formula is C16H27N3O2. The molecule has 5 nitrogen and oxygen atoms in total. The average Bonchev–Trinajstić information content (AvgIpc) is 2.66. The number of carbonyl (C=O) groups is 2. The standard InChI is InChI=1S/C16H27N3O2/c1-7-8-19(11-16(21)17(4)5)10-15(20)14-9-12(2)18(6)13(14)3/h9H,7-8,10-11H2,1-6H3. The van der Waals surface area contributed by atoms with Crippen LogP contribution < -0.4 is 0 Å². The van der Waals surface area contributed by atoms with Gasteiger partial charge in [0.2, 0.25) is 5.91 Å². The minimum atomic E-state index is 0.0252. The first-order valence-corrected chi connectivity index (χ1v) is 7.36. The third kappa shape index (κ3) is 4.43. The van der Waals surface area contributed by atoms with E-state index in [4.69, 9.17) is 0 Å². The lowest BCUT2D eigenvalue weighted by molar-refractivity contribution is -0.129.